The van der Waals surface area contributed by atoms with Gasteiger partial charge in [0.2, 0.25) is 15.9 Å². The van der Waals surface area contributed by atoms with Gasteiger partial charge >= 0.3 is 0 Å². The fourth-order valence-corrected chi connectivity index (χ4v) is 4.64. The van der Waals surface area contributed by atoms with Crippen LogP contribution in [0.4, 0.5) is 4.39 Å². The number of methoxy groups -OCH3 is 2. The number of rotatable bonds is 7. The summed E-state index contributed by atoms with van der Waals surface area (Å²) in [5.41, 5.74) is 0. The summed E-state index contributed by atoms with van der Waals surface area (Å²) >= 11 is 0. The summed E-state index contributed by atoms with van der Waals surface area (Å²) in [6.07, 6.45) is 0.810. The fraction of sp³-hybridized carbons (Fsp3) is 0.588. The van der Waals surface area contributed by atoms with Crippen molar-refractivity contribution in [1.82, 2.24) is 9.62 Å². The van der Waals surface area contributed by atoms with Crippen LogP contribution < -0.4 is 10.1 Å². The predicted molar refractivity (Wildman–Crippen MR) is 93.9 cm³/mol. The number of benzene rings is 1. The molecule has 1 amide bonds. The Kier molecular flexibility index (Phi) is 6.96. The molecule has 146 valence electrons. The third kappa shape index (κ3) is 4.72. The molecule has 1 saturated heterocycles. The number of hydrogen-bond acceptors (Lipinski definition) is 5. The maximum absolute atomic E-state index is 13.5. The van der Waals surface area contributed by atoms with Crippen LogP contribution in [-0.2, 0) is 19.6 Å². The van der Waals surface area contributed by atoms with Gasteiger partial charge in [-0.1, -0.05) is 0 Å². The lowest BCUT2D eigenvalue weighted by Crippen LogP contribution is -2.45. The van der Waals surface area contributed by atoms with Crippen molar-refractivity contribution in [2.75, 3.05) is 33.9 Å². The van der Waals surface area contributed by atoms with Crippen LogP contribution in [0.15, 0.2) is 23.1 Å². The molecule has 1 fully saturated rings. The summed E-state index contributed by atoms with van der Waals surface area (Å²) < 4.78 is 50.5. The van der Waals surface area contributed by atoms with Crippen LogP contribution in [-0.4, -0.2) is 58.6 Å². The Hall–Kier alpha value is -1.71. The zero-order valence-electron chi connectivity index (χ0n) is 15.2. The van der Waals surface area contributed by atoms with E-state index in [9.17, 15) is 17.6 Å². The average molecular weight is 388 g/mol. The molecule has 0 aromatic heterocycles. The minimum atomic E-state index is -3.89. The highest BCUT2D eigenvalue weighted by Gasteiger charge is 2.34. The Labute approximate surface area is 153 Å². The molecule has 26 heavy (non-hydrogen) atoms. The number of hydrogen-bond donors (Lipinski definition) is 1. The Balaban J connectivity index is 2.05. The molecule has 1 heterocycles. The van der Waals surface area contributed by atoms with E-state index in [1.165, 1.54) is 17.5 Å². The van der Waals surface area contributed by atoms with Crippen molar-refractivity contribution < 1.29 is 27.1 Å². The van der Waals surface area contributed by atoms with Crippen LogP contribution in [0.2, 0.25) is 0 Å². The predicted octanol–water partition coefficient (Wildman–Crippen LogP) is 1.39. The molecule has 2 rings (SSSR count). The van der Waals surface area contributed by atoms with Gasteiger partial charge in [-0.3, -0.25) is 4.79 Å². The molecule has 1 N–H and O–H groups in total. The topological polar surface area (TPSA) is 84.9 Å². The van der Waals surface area contributed by atoms with E-state index >= 15 is 0 Å². The van der Waals surface area contributed by atoms with Gasteiger partial charge in [0.05, 0.1) is 13.7 Å². The first-order valence-corrected chi connectivity index (χ1v) is 9.86. The summed E-state index contributed by atoms with van der Waals surface area (Å²) in [4.78, 5) is 12.1. The van der Waals surface area contributed by atoms with Gasteiger partial charge in [0.25, 0.3) is 0 Å². The molecule has 1 aromatic carbocycles. The van der Waals surface area contributed by atoms with Gasteiger partial charge in [-0.2, -0.15) is 4.31 Å². The van der Waals surface area contributed by atoms with Crippen molar-refractivity contribution in [2.24, 2.45) is 5.92 Å². The number of carbonyl (C=O) groups excluding carboxylic acids is 1. The average Bonchev–Trinajstić information content (AvgIpc) is 2.62. The molecular weight excluding hydrogens is 363 g/mol. The molecular formula is C17H25FN2O5S. The first-order chi connectivity index (χ1) is 12.3. The number of amides is 1. The second kappa shape index (κ2) is 8.79. The molecule has 1 aliphatic rings. The van der Waals surface area contributed by atoms with Crippen LogP contribution in [0.25, 0.3) is 0 Å². The lowest BCUT2D eigenvalue weighted by Gasteiger charge is -2.31. The standard InChI is InChI=1S/C17H25FN2O5S/c1-12(11-24-2)19-17(21)13-6-8-20(9-7-13)26(22,23)16-10-14(18)4-5-15(16)25-3/h4-5,10,12-13H,6-9,11H2,1-3H3,(H,19,21)/t12-/m1/s1. The highest BCUT2D eigenvalue weighted by molar-refractivity contribution is 7.89. The lowest BCUT2D eigenvalue weighted by atomic mass is 9.97. The van der Waals surface area contributed by atoms with Gasteiger partial charge in [-0.05, 0) is 38.0 Å². The lowest BCUT2D eigenvalue weighted by molar-refractivity contribution is -0.127. The third-order valence-electron chi connectivity index (χ3n) is 4.37. The van der Waals surface area contributed by atoms with Crippen LogP contribution >= 0.6 is 0 Å². The van der Waals surface area contributed by atoms with E-state index in [0.29, 0.717) is 19.4 Å². The second-order valence-corrected chi connectivity index (χ2v) is 8.24. The van der Waals surface area contributed by atoms with Gasteiger partial charge in [0.1, 0.15) is 16.5 Å². The Morgan fingerprint density at radius 1 is 1.35 bits per heavy atom. The van der Waals surface area contributed by atoms with Crippen molar-refractivity contribution in [3.05, 3.63) is 24.0 Å². The van der Waals surface area contributed by atoms with Crippen LogP contribution in [0.5, 0.6) is 5.75 Å². The molecule has 0 spiro atoms. The zero-order chi connectivity index (χ0) is 19.3. The molecule has 0 radical (unpaired) electrons. The third-order valence-corrected chi connectivity index (χ3v) is 6.29. The van der Waals surface area contributed by atoms with Gasteiger partial charge in [-0.25, -0.2) is 12.8 Å². The second-order valence-electron chi connectivity index (χ2n) is 6.34. The highest BCUT2D eigenvalue weighted by atomic mass is 32.2. The number of nitrogens with zero attached hydrogens (tertiary/aromatic N) is 1. The number of sulfonamides is 1. The van der Waals surface area contributed by atoms with Gasteiger partial charge in [0, 0.05) is 32.2 Å². The number of nitrogens with one attached hydrogen (secondary N) is 1. The molecule has 0 saturated carbocycles. The van der Waals surface area contributed by atoms with E-state index < -0.39 is 15.8 Å². The number of piperidine rings is 1. The summed E-state index contributed by atoms with van der Waals surface area (Å²) in [6, 6.07) is 3.29. The summed E-state index contributed by atoms with van der Waals surface area (Å²) in [6.45, 7) is 2.65. The number of halogens is 1. The number of ether oxygens (including phenoxy) is 2. The van der Waals surface area contributed by atoms with Gasteiger partial charge < -0.3 is 14.8 Å². The van der Waals surface area contributed by atoms with E-state index in [0.717, 1.165) is 12.1 Å². The maximum Gasteiger partial charge on any atom is 0.246 e. The SMILES string of the molecule is COC[C@@H](C)NC(=O)C1CCN(S(=O)(=O)c2cc(F)ccc2OC)CC1. The van der Waals surface area contributed by atoms with Crippen LogP contribution in [0.3, 0.4) is 0 Å². The summed E-state index contributed by atoms with van der Waals surface area (Å²) in [5.74, 6) is -0.907. The van der Waals surface area contributed by atoms with E-state index in [1.54, 1.807) is 7.11 Å². The normalized spacial score (nSPS) is 17.7. The van der Waals surface area contributed by atoms with Crippen molar-refractivity contribution in [3.63, 3.8) is 0 Å². The molecule has 1 aliphatic heterocycles. The van der Waals surface area contributed by atoms with E-state index in [-0.39, 0.29) is 41.6 Å². The van der Waals surface area contributed by atoms with Crippen molar-refractivity contribution in [2.45, 2.75) is 30.7 Å². The minimum Gasteiger partial charge on any atom is -0.495 e. The Morgan fingerprint density at radius 3 is 2.58 bits per heavy atom. The molecule has 0 aliphatic carbocycles. The number of carbonyl (C=O) groups is 1. The first-order valence-electron chi connectivity index (χ1n) is 8.42. The minimum absolute atomic E-state index is 0.0969. The Bertz CT molecular complexity index is 733. The maximum atomic E-state index is 13.5. The molecule has 9 heteroatoms. The largest absolute Gasteiger partial charge is 0.495 e. The van der Waals surface area contributed by atoms with Crippen molar-refractivity contribution in [3.8, 4) is 5.75 Å². The fourth-order valence-electron chi connectivity index (χ4n) is 3.00. The zero-order valence-corrected chi connectivity index (χ0v) is 16.0. The van der Waals surface area contributed by atoms with Crippen molar-refractivity contribution in [1.29, 1.82) is 0 Å². The van der Waals surface area contributed by atoms with Gasteiger partial charge in [-0.15, -0.1) is 0 Å². The molecule has 1 aromatic rings. The van der Waals surface area contributed by atoms with E-state index in [2.05, 4.69) is 5.32 Å². The van der Waals surface area contributed by atoms with E-state index in [1.807, 2.05) is 6.92 Å². The first kappa shape index (κ1) is 20.6. The molecule has 0 bridgehead atoms. The van der Waals surface area contributed by atoms with Crippen LogP contribution in [0, 0.1) is 11.7 Å². The quantitative estimate of drug-likeness (QED) is 0.763. The molecule has 0 unspecified atom stereocenters. The van der Waals surface area contributed by atoms with E-state index in [4.69, 9.17) is 9.47 Å². The van der Waals surface area contributed by atoms with Crippen LogP contribution in [0.1, 0.15) is 19.8 Å². The molecule has 1 atom stereocenters. The highest BCUT2D eigenvalue weighted by Crippen LogP contribution is 2.30. The molecule has 7 nitrogen and oxygen atoms in total. The van der Waals surface area contributed by atoms with Crippen molar-refractivity contribution >= 4 is 15.9 Å². The summed E-state index contributed by atoms with van der Waals surface area (Å²) in [5, 5.41) is 2.86. The summed E-state index contributed by atoms with van der Waals surface area (Å²) in [7, 11) is -0.992. The smallest absolute Gasteiger partial charge is 0.246 e. The van der Waals surface area contributed by atoms with Gasteiger partial charge in [0.15, 0.2) is 0 Å². The monoisotopic (exact) mass is 388 g/mol. The Morgan fingerprint density at radius 2 is 2.00 bits per heavy atom.